The van der Waals surface area contributed by atoms with Gasteiger partial charge in [-0.2, -0.15) is 0 Å². The maximum Gasteiger partial charge on any atom is 0.221 e. The van der Waals surface area contributed by atoms with Crippen molar-refractivity contribution in [2.45, 2.75) is 39.5 Å². The second-order valence-corrected chi connectivity index (χ2v) is 3.77. The van der Waals surface area contributed by atoms with Crippen LogP contribution in [0.4, 0.5) is 0 Å². The van der Waals surface area contributed by atoms with Gasteiger partial charge in [0.1, 0.15) is 0 Å². The molecule has 1 amide bonds. The van der Waals surface area contributed by atoms with Gasteiger partial charge >= 0.3 is 0 Å². The molecule has 0 aliphatic carbocycles. The standard InChI is InChI=1S/C12H26N2O2/c1-3-5-10-16-11-6-8-13-9-7-12(15)14-4-2/h13H,3-11H2,1-2H3,(H,14,15). The van der Waals surface area contributed by atoms with Crippen molar-refractivity contribution < 1.29 is 9.53 Å². The van der Waals surface area contributed by atoms with Crippen LogP contribution in [0.25, 0.3) is 0 Å². The summed E-state index contributed by atoms with van der Waals surface area (Å²) in [5.74, 6) is 0.120. The lowest BCUT2D eigenvalue weighted by Crippen LogP contribution is -2.28. The van der Waals surface area contributed by atoms with Gasteiger partial charge in [-0.25, -0.2) is 0 Å². The minimum atomic E-state index is 0.120. The third-order valence-electron chi connectivity index (χ3n) is 2.19. The lowest BCUT2D eigenvalue weighted by molar-refractivity contribution is -0.120. The Morgan fingerprint density at radius 2 is 1.88 bits per heavy atom. The van der Waals surface area contributed by atoms with Crippen LogP contribution in [0.3, 0.4) is 0 Å². The van der Waals surface area contributed by atoms with E-state index in [0.29, 0.717) is 13.0 Å². The average Bonchev–Trinajstić information content (AvgIpc) is 2.27. The summed E-state index contributed by atoms with van der Waals surface area (Å²) in [6.45, 7) is 8.16. The van der Waals surface area contributed by atoms with Crippen molar-refractivity contribution in [2.75, 3.05) is 32.8 Å². The molecule has 0 rings (SSSR count). The summed E-state index contributed by atoms with van der Waals surface area (Å²) in [6.07, 6.45) is 3.90. The van der Waals surface area contributed by atoms with Crippen molar-refractivity contribution in [2.24, 2.45) is 0 Å². The summed E-state index contributed by atoms with van der Waals surface area (Å²) < 4.78 is 5.42. The van der Waals surface area contributed by atoms with Gasteiger partial charge < -0.3 is 15.4 Å². The van der Waals surface area contributed by atoms with Gasteiger partial charge in [0, 0.05) is 32.7 Å². The van der Waals surface area contributed by atoms with Crippen molar-refractivity contribution >= 4 is 5.91 Å². The van der Waals surface area contributed by atoms with Gasteiger partial charge in [0.05, 0.1) is 0 Å². The van der Waals surface area contributed by atoms with Gasteiger partial charge in [-0.3, -0.25) is 4.79 Å². The van der Waals surface area contributed by atoms with Crippen LogP contribution in [0.15, 0.2) is 0 Å². The maximum absolute atomic E-state index is 11.1. The maximum atomic E-state index is 11.1. The van der Waals surface area contributed by atoms with E-state index in [1.54, 1.807) is 0 Å². The highest BCUT2D eigenvalue weighted by Crippen LogP contribution is 1.89. The highest BCUT2D eigenvalue weighted by molar-refractivity contribution is 5.75. The molecule has 0 radical (unpaired) electrons. The number of hydrogen-bond acceptors (Lipinski definition) is 3. The number of carbonyl (C=O) groups excluding carboxylic acids is 1. The number of ether oxygens (including phenoxy) is 1. The molecule has 0 heterocycles. The van der Waals surface area contributed by atoms with Crippen LogP contribution in [0.1, 0.15) is 39.5 Å². The molecule has 0 spiro atoms. The van der Waals surface area contributed by atoms with Crippen molar-refractivity contribution in [1.29, 1.82) is 0 Å². The van der Waals surface area contributed by atoms with Crippen LogP contribution in [0.2, 0.25) is 0 Å². The molecular formula is C12H26N2O2. The molecule has 0 aliphatic rings. The fourth-order valence-corrected chi connectivity index (χ4v) is 1.26. The zero-order chi connectivity index (χ0) is 12.1. The molecule has 0 saturated heterocycles. The summed E-state index contributed by atoms with van der Waals surface area (Å²) in [4.78, 5) is 11.1. The lowest BCUT2D eigenvalue weighted by atomic mass is 10.3. The smallest absolute Gasteiger partial charge is 0.221 e. The van der Waals surface area contributed by atoms with Crippen LogP contribution in [0, 0.1) is 0 Å². The molecule has 0 bridgehead atoms. The predicted molar refractivity (Wildman–Crippen MR) is 66.5 cm³/mol. The van der Waals surface area contributed by atoms with Crippen molar-refractivity contribution in [1.82, 2.24) is 10.6 Å². The molecule has 0 fully saturated rings. The molecule has 4 heteroatoms. The Bertz CT molecular complexity index is 163. The Morgan fingerprint density at radius 1 is 1.12 bits per heavy atom. The van der Waals surface area contributed by atoms with E-state index in [-0.39, 0.29) is 5.91 Å². The SMILES string of the molecule is CCCCOCCCNCCC(=O)NCC. The van der Waals surface area contributed by atoms with Crippen molar-refractivity contribution in [3.05, 3.63) is 0 Å². The largest absolute Gasteiger partial charge is 0.381 e. The van der Waals surface area contributed by atoms with E-state index in [2.05, 4.69) is 17.6 Å². The van der Waals surface area contributed by atoms with Gasteiger partial charge in [0.2, 0.25) is 5.91 Å². The average molecular weight is 230 g/mol. The Hall–Kier alpha value is -0.610. The van der Waals surface area contributed by atoms with Crippen molar-refractivity contribution in [3.63, 3.8) is 0 Å². The second-order valence-electron chi connectivity index (χ2n) is 3.77. The van der Waals surface area contributed by atoms with Crippen LogP contribution in [-0.2, 0) is 9.53 Å². The molecule has 0 unspecified atom stereocenters. The minimum absolute atomic E-state index is 0.120. The topological polar surface area (TPSA) is 50.4 Å². The van der Waals surface area contributed by atoms with E-state index < -0.39 is 0 Å². The first-order valence-electron chi connectivity index (χ1n) is 6.36. The summed E-state index contributed by atoms with van der Waals surface area (Å²) in [7, 11) is 0. The van der Waals surface area contributed by atoms with Crippen LogP contribution < -0.4 is 10.6 Å². The number of rotatable bonds is 11. The molecule has 0 aromatic rings. The molecule has 4 nitrogen and oxygen atoms in total. The Labute approximate surface area is 99.1 Å². The predicted octanol–water partition coefficient (Wildman–Crippen LogP) is 1.31. The zero-order valence-electron chi connectivity index (χ0n) is 10.7. The molecule has 0 atom stereocenters. The van der Waals surface area contributed by atoms with E-state index in [1.165, 1.54) is 6.42 Å². The minimum Gasteiger partial charge on any atom is -0.381 e. The number of nitrogens with one attached hydrogen (secondary N) is 2. The Balaban J connectivity index is 3.01. The van der Waals surface area contributed by atoms with Gasteiger partial charge in [-0.1, -0.05) is 13.3 Å². The zero-order valence-corrected chi connectivity index (χ0v) is 10.7. The Morgan fingerprint density at radius 3 is 2.56 bits per heavy atom. The molecule has 0 aromatic carbocycles. The third-order valence-corrected chi connectivity index (χ3v) is 2.19. The molecule has 96 valence electrons. The van der Waals surface area contributed by atoms with E-state index >= 15 is 0 Å². The quantitative estimate of drug-likeness (QED) is 0.526. The fraction of sp³-hybridized carbons (Fsp3) is 0.917. The van der Waals surface area contributed by atoms with E-state index in [4.69, 9.17) is 4.74 Å². The van der Waals surface area contributed by atoms with Crippen molar-refractivity contribution in [3.8, 4) is 0 Å². The number of amides is 1. The summed E-state index contributed by atoms with van der Waals surface area (Å²) >= 11 is 0. The summed E-state index contributed by atoms with van der Waals surface area (Å²) in [6, 6.07) is 0. The second kappa shape index (κ2) is 12.5. The molecule has 0 aromatic heterocycles. The first-order chi connectivity index (χ1) is 7.81. The molecular weight excluding hydrogens is 204 g/mol. The third kappa shape index (κ3) is 11.5. The molecule has 0 saturated carbocycles. The number of unbranched alkanes of at least 4 members (excludes halogenated alkanes) is 1. The first-order valence-corrected chi connectivity index (χ1v) is 6.36. The highest BCUT2D eigenvalue weighted by atomic mass is 16.5. The lowest BCUT2D eigenvalue weighted by Gasteiger charge is -2.05. The highest BCUT2D eigenvalue weighted by Gasteiger charge is 1.97. The molecule has 2 N–H and O–H groups in total. The van der Waals surface area contributed by atoms with Crippen LogP contribution in [-0.4, -0.2) is 38.8 Å². The summed E-state index contributed by atoms with van der Waals surface area (Å²) in [5.41, 5.74) is 0. The van der Waals surface area contributed by atoms with Gasteiger partial charge in [-0.05, 0) is 26.3 Å². The Kier molecular flexibility index (Phi) is 12.0. The first kappa shape index (κ1) is 15.4. The van der Waals surface area contributed by atoms with Gasteiger partial charge in [-0.15, -0.1) is 0 Å². The van der Waals surface area contributed by atoms with E-state index in [1.807, 2.05) is 6.92 Å². The molecule has 16 heavy (non-hydrogen) atoms. The van der Waals surface area contributed by atoms with E-state index in [0.717, 1.165) is 39.1 Å². The van der Waals surface area contributed by atoms with Gasteiger partial charge in [0.15, 0.2) is 0 Å². The summed E-state index contributed by atoms with van der Waals surface area (Å²) in [5, 5.41) is 5.99. The number of carbonyl (C=O) groups is 1. The van der Waals surface area contributed by atoms with Gasteiger partial charge in [0.25, 0.3) is 0 Å². The van der Waals surface area contributed by atoms with Crippen LogP contribution in [0.5, 0.6) is 0 Å². The van der Waals surface area contributed by atoms with E-state index in [9.17, 15) is 4.79 Å². The fourth-order valence-electron chi connectivity index (χ4n) is 1.26. The monoisotopic (exact) mass is 230 g/mol. The van der Waals surface area contributed by atoms with Crippen LogP contribution >= 0.6 is 0 Å². The molecule has 0 aliphatic heterocycles. The normalized spacial score (nSPS) is 10.4. The number of hydrogen-bond donors (Lipinski definition) is 2.